The van der Waals surface area contributed by atoms with E-state index in [0.29, 0.717) is 17.9 Å². The summed E-state index contributed by atoms with van der Waals surface area (Å²) in [5, 5.41) is 0.836. The normalized spacial score (nSPS) is 11.0. The van der Waals surface area contributed by atoms with Crippen LogP contribution in [0, 0.1) is 20.8 Å². The SMILES string of the molecule is CCC(=O)c1nc(C)nc2c1c(C)cn2-c1ccc(OC)cc1C. The molecule has 24 heavy (non-hydrogen) atoms. The molecule has 1 aromatic carbocycles. The molecule has 0 saturated heterocycles. The fraction of sp³-hybridized carbons (Fsp3) is 0.316. The molecule has 0 spiro atoms. The number of Topliss-reactive ketones (excluding diaryl/α,β-unsaturated/α-hetero) is 1. The first kappa shape index (κ1) is 16.2. The van der Waals surface area contributed by atoms with Crippen LogP contribution in [0.15, 0.2) is 24.4 Å². The summed E-state index contributed by atoms with van der Waals surface area (Å²) in [7, 11) is 1.66. The highest BCUT2D eigenvalue weighted by molar-refractivity contribution is 6.06. The van der Waals surface area contributed by atoms with Gasteiger partial charge < -0.3 is 9.30 Å². The van der Waals surface area contributed by atoms with Gasteiger partial charge in [0.05, 0.1) is 18.2 Å². The van der Waals surface area contributed by atoms with E-state index in [1.54, 1.807) is 7.11 Å². The van der Waals surface area contributed by atoms with Crippen molar-refractivity contribution in [3.8, 4) is 11.4 Å². The summed E-state index contributed by atoms with van der Waals surface area (Å²) in [6, 6.07) is 5.92. The summed E-state index contributed by atoms with van der Waals surface area (Å²) in [4.78, 5) is 21.3. The third kappa shape index (κ3) is 2.56. The zero-order valence-electron chi connectivity index (χ0n) is 14.7. The van der Waals surface area contributed by atoms with Gasteiger partial charge in [-0.1, -0.05) is 6.92 Å². The van der Waals surface area contributed by atoms with Crippen LogP contribution >= 0.6 is 0 Å². The molecule has 0 bridgehead atoms. The van der Waals surface area contributed by atoms with Crippen molar-refractivity contribution in [1.82, 2.24) is 14.5 Å². The predicted octanol–water partition coefficient (Wildman–Crippen LogP) is 3.95. The number of fused-ring (bicyclic) bond motifs is 1. The van der Waals surface area contributed by atoms with Crippen LogP contribution in [-0.2, 0) is 0 Å². The van der Waals surface area contributed by atoms with Crippen molar-refractivity contribution >= 4 is 16.8 Å². The summed E-state index contributed by atoms with van der Waals surface area (Å²) in [6.07, 6.45) is 2.44. The molecule has 2 aromatic heterocycles. The molecule has 5 heteroatoms. The Hall–Kier alpha value is -2.69. The Balaban J connectivity index is 2.31. The van der Waals surface area contributed by atoms with Gasteiger partial charge in [-0.3, -0.25) is 4.79 Å². The van der Waals surface area contributed by atoms with Crippen LogP contribution < -0.4 is 4.74 Å². The number of ether oxygens (including phenoxy) is 1. The third-order valence-electron chi connectivity index (χ3n) is 4.20. The number of hydrogen-bond donors (Lipinski definition) is 0. The van der Waals surface area contributed by atoms with Crippen molar-refractivity contribution in [2.75, 3.05) is 7.11 Å². The van der Waals surface area contributed by atoms with Gasteiger partial charge in [-0.05, 0) is 50.1 Å². The van der Waals surface area contributed by atoms with E-state index in [-0.39, 0.29) is 5.78 Å². The van der Waals surface area contributed by atoms with Crippen molar-refractivity contribution < 1.29 is 9.53 Å². The number of methoxy groups -OCH3 is 1. The van der Waals surface area contributed by atoms with E-state index >= 15 is 0 Å². The van der Waals surface area contributed by atoms with Gasteiger partial charge in [-0.25, -0.2) is 9.97 Å². The summed E-state index contributed by atoms with van der Waals surface area (Å²) in [5.41, 5.74) is 4.37. The summed E-state index contributed by atoms with van der Waals surface area (Å²) >= 11 is 0. The molecule has 0 fully saturated rings. The van der Waals surface area contributed by atoms with E-state index in [1.807, 2.05) is 56.7 Å². The molecule has 0 aliphatic carbocycles. The van der Waals surface area contributed by atoms with E-state index in [0.717, 1.165) is 33.6 Å². The average molecular weight is 323 g/mol. The summed E-state index contributed by atoms with van der Waals surface area (Å²) in [6.45, 7) is 7.69. The van der Waals surface area contributed by atoms with Crippen LogP contribution in [0.2, 0.25) is 0 Å². The Morgan fingerprint density at radius 2 is 1.92 bits per heavy atom. The monoisotopic (exact) mass is 323 g/mol. The van der Waals surface area contributed by atoms with E-state index < -0.39 is 0 Å². The number of carbonyl (C=O) groups excluding carboxylic acids is 1. The Kier molecular flexibility index (Phi) is 4.09. The first-order valence-electron chi connectivity index (χ1n) is 8.00. The van der Waals surface area contributed by atoms with Crippen LogP contribution in [0.5, 0.6) is 5.75 Å². The predicted molar refractivity (Wildman–Crippen MR) is 94.2 cm³/mol. The molecule has 0 aliphatic heterocycles. The van der Waals surface area contributed by atoms with Gasteiger partial charge in [0.15, 0.2) is 5.78 Å². The van der Waals surface area contributed by atoms with E-state index in [1.165, 1.54) is 0 Å². The lowest BCUT2D eigenvalue weighted by Crippen LogP contribution is -2.06. The van der Waals surface area contributed by atoms with Crippen molar-refractivity contribution in [3.63, 3.8) is 0 Å². The molecule has 5 nitrogen and oxygen atoms in total. The van der Waals surface area contributed by atoms with Crippen molar-refractivity contribution in [1.29, 1.82) is 0 Å². The first-order chi connectivity index (χ1) is 11.5. The maximum Gasteiger partial charge on any atom is 0.181 e. The number of benzene rings is 1. The van der Waals surface area contributed by atoms with Gasteiger partial charge in [0, 0.05) is 12.6 Å². The quantitative estimate of drug-likeness (QED) is 0.682. The molecule has 0 aliphatic rings. The Morgan fingerprint density at radius 3 is 2.54 bits per heavy atom. The minimum Gasteiger partial charge on any atom is -0.497 e. The van der Waals surface area contributed by atoms with Gasteiger partial charge in [-0.15, -0.1) is 0 Å². The third-order valence-corrected chi connectivity index (χ3v) is 4.20. The zero-order chi connectivity index (χ0) is 17.4. The topological polar surface area (TPSA) is 57.0 Å². The highest BCUT2D eigenvalue weighted by Gasteiger charge is 2.19. The molecule has 0 unspecified atom stereocenters. The number of aryl methyl sites for hydroxylation is 3. The number of rotatable bonds is 4. The first-order valence-corrected chi connectivity index (χ1v) is 8.00. The minimum absolute atomic E-state index is 0.0396. The average Bonchev–Trinajstić information content (AvgIpc) is 2.89. The fourth-order valence-corrected chi connectivity index (χ4v) is 2.99. The van der Waals surface area contributed by atoms with Crippen LogP contribution in [0.1, 0.15) is 40.8 Å². The maximum atomic E-state index is 12.3. The number of nitrogens with zero attached hydrogens (tertiary/aromatic N) is 3. The molecule has 3 aromatic rings. The number of aromatic nitrogens is 3. The lowest BCUT2D eigenvalue weighted by molar-refractivity contribution is 0.0984. The number of ketones is 1. The molecule has 2 heterocycles. The van der Waals surface area contributed by atoms with Crippen LogP contribution in [0.4, 0.5) is 0 Å². The maximum absolute atomic E-state index is 12.3. The Bertz CT molecular complexity index is 941. The lowest BCUT2D eigenvalue weighted by Gasteiger charge is -2.11. The van der Waals surface area contributed by atoms with E-state index in [9.17, 15) is 4.79 Å². The molecule has 0 radical (unpaired) electrons. The standard InChI is InChI=1S/C19H21N3O2/c1-6-16(23)18-17-12(3)10-22(19(17)21-13(4)20-18)15-8-7-14(24-5)9-11(15)2/h7-10H,6H2,1-5H3. The van der Waals surface area contributed by atoms with Crippen molar-refractivity contribution in [3.05, 3.63) is 47.0 Å². The molecule has 3 rings (SSSR count). The van der Waals surface area contributed by atoms with Gasteiger partial charge in [0.2, 0.25) is 0 Å². The summed E-state index contributed by atoms with van der Waals surface area (Å²) < 4.78 is 7.31. The molecular weight excluding hydrogens is 302 g/mol. The second-order valence-electron chi connectivity index (χ2n) is 5.93. The fourth-order valence-electron chi connectivity index (χ4n) is 2.99. The molecule has 0 N–H and O–H groups in total. The number of hydrogen-bond acceptors (Lipinski definition) is 4. The smallest absolute Gasteiger partial charge is 0.181 e. The van der Waals surface area contributed by atoms with Gasteiger partial charge in [0.25, 0.3) is 0 Å². The van der Waals surface area contributed by atoms with Crippen molar-refractivity contribution in [2.24, 2.45) is 0 Å². The lowest BCUT2D eigenvalue weighted by atomic mass is 10.1. The molecule has 0 amide bonds. The molecular formula is C19H21N3O2. The number of carbonyl (C=O) groups is 1. The highest BCUT2D eigenvalue weighted by atomic mass is 16.5. The van der Waals surface area contributed by atoms with Crippen LogP contribution in [0.25, 0.3) is 16.7 Å². The largest absolute Gasteiger partial charge is 0.497 e. The van der Waals surface area contributed by atoms with Crippen LogP contribution in [0.3, 0.4) is 0 Å². The second kappa shape index (κ2) is 6.07. The highest BCUT2D eigenvalue weighted by Crippen LogP contribution is 2.29. The minimum atomic E-state index is 0.0396. The Labute approximate surface area is 141 Å². The Morgan fingerprint density at radius 1 is 1.17 bits per heavy atom. The van der Waals surface area contributed by atoms with Crippen molar-refractivity contribution in [2.45, 2.75) is 34.1 Å². The van der Waals surface area contributed by atoms with Gasteiger partial charge in [0.1, 0.15) is 22.9 Å². The van der Waals surface area contributed by atoms with Crippen LogP contribution in [-0.4, -0.2) is 27.4 Å². The van der Waals surface area contributed by atoms with Gasteiger partial charge in [-0.2, -0.15) is 0 Å². The van der Waals surface area contributed by atoms with E-state index in [4.69, 9.17) is 4.74 Å². The molecule has 0 atom stereocenters. The van der Waals surface area contributed by atoms with Gasteiger partial charge >= 0.3 is 0 Å². The molecule has 124 valence electrons. The summed E-state index contributed by atoms with van der Waals surface area (Å²) in [5.74, 6) is 1.46. The van der Waals surface area contributed by atoms with E-state index in [2.05, 4.69) is 9.97 Å². The second-order valence-corrected chi connectivity index (χ2v) is 5.93. The zero-order valence-corrected chi connectivity index (χ0v) is 14.7. The molecule has 0 saturated carbocycles.